The summed E-state index contributed by atoms with van der Waals surface area (Å²) in [4.78, 5) is 14.3. The number of fused-ring (bicyclic) bond motifs is 1. The first kappa shape index (κ1) is 23.8. The molecular weight excluding hydrogens is 461 g/mol. The number of aromatic nitrogens is 2. The summed E-state index contributed by atoms with van der Waals surface area (Å²) in [6, 6.07) is 9.97. The zero-order valence-electron chi connectivity index (χ0n) is 20.3. The summed E-state index contributed by atoms with van der Waals surface area (Å²) < 4.78 is 27.2. The lowest BCUT2D eigenvalue weighted by Crippen LogP contribution is -2.42. The Morgan fingerprint density at radius 1 is 1.22 bits per heavy atom. The summed E-state index contributed by atoms with van der Waals surface area (Å²) in [5.41, 5.74) is 3.29. The number of benzene rings is 2. The molecule has 0 radical (unpaired) electrons. The highest BCUT2D eigenvalue weighted by Gasteiger charge is 2.33. The van der Waals surface area contributed by atoms with Gasteiger partial charge in [-0.15, -0.1) is 0 Å². The van der Waals surface area contributed by atoms with Crippen molar-refractivity contribution in [1.82, 2.24) is 15.1 Å². The molecule has 0 bridgehead atoms. The van der Waals surface area contributed by atoms with Gasteiger partial charge >= 0.3 is 6.09 Å². The Hall–Kier alpha value is -3.90. The molecule has 36 heavy (non-hydrogen) atoms. The molecule has 0 saturated carbocycles. The van der Waals surface area contributed by atoms with Gasteiger partial charge in [-0.1, -0.05) is 0 Å². The largest absolute Gasteiger partial charge is 0.455 e. The number of methoxy groups -OCH3 is 1. The molecule has 9 heteroatoms. The molecule has 0 spiro atoms. The minimum Gasteiger partial charge on any atom is -0.455 e. The van der Waals surface area contributed by atoms with Crippen LogP contribution < -0.4 is 15.0 Å². The number of carbonyl (C=O) groups is 1. The second-order valence-corrected chi connectivity index (χ2v) is 9.21. The molecule has 1 aromatic heterocycles. The van der Waals surface area contributed by atoms with E-state index in [9.17, 15) is 14.4 Å². The van der Waals surface area contributed by atoms with Crippen molar-refractivity contribution in [3.63, 3.8) is 0 Å². The average Bonchev–Trinajstić information content (AvgIpc) is 3.40. The number of carbonyl (C=O) groups excluding carboxylic acids is 1. The molecule has 1 N–H and O–H groups in total. The molecule has 1 atom stereocenters. The van der Waals surface area contributed by atoms with Gasteiger partial charge in [-0.2, -0.15) is 10.4 Å². The van der Waals surface area contributed by atoms with Crippen LogP contribution in [0.5, 0.6) is 11.5 Å². The van der Waals surface area contributed by atoms with Crippen LogP contribution in [-0.4, -0.2) is 42.1 Å². The normalized spacial score (nSPS) is 17.8. The van der Waals surface area contributed by atoms with Gasteiger partial charge in [0.25, 0.3) is 0 Å². The van der Waals surface area contributed by atoms with Crippen LogP contribution in [0.4, 0.5) is 14.9 Å². The number of ether oxygens (including phenoxy) is 2. The van der Waals surface area contributed by atoms with Gasteiger partial charge in [-0.25, -0.2) is 9.18 Å². The number of nitrogens with one attached hydrogen (secondary N) is 1. The average molecular weight is 490 g/mol. The second-order valence-electron chi connectivity index (χ2n) is 9.21. The number of hydrogen-bond donors (Lipinski definition) is 1. The molecule has 2 aromatic carbocycles. The SMILES string of the molecule is COC(=O)N1c2ccc(-c3cnn(C4CCNCC4)c3)c(Oc3ccc(F)cc3C#N)c2CCC1C. The Morgan fingerprint density at radius 2 is 2.03 bits per heavy atom. The topological polar surface area (TPSA) is 92.4 Å². The summed E-state index contributed by atoms with van der Waals surface area (Å²) in [6.07, 6.45) is 6.77. The van der Waals surface area contributed by atoms with E-state index in [1.165, 1.54) is 19.2 Å². The minimum absolute atomic E-state index is 0.0493. The number of amides is 1. The lowest BCUT2D eigenvalue weighted by molar-refractivity contribution is 0.175. The molecule has 2 aliphatic rings. The van der Waals surface area contributed by atoms with Crippen LogP contribution in [0.1, 0.15) is 43.4 Å². The van der Waals surface area contributed by atoms with Gasteiger partial charge in [0, 0.05) is 28.9 Å². The first-order chi connectivity index (χ1) is 17.5. The fourth-order valence-corrected chi connectivity index (χ4v) is 5.06. The number of nitriles is 1. The molecule has 2 aliphatic heterocycles. The molecule has 1 saturated heterocycles. The number of halogens is 1. The van der Waals surface area contributed by atoms with Crippen LogP contribution >= 0.6 is 0 Å². The van der Waals surface area contributed by atoms with Gasteiger partial charge in [0.2, 0.25) is 0 Å². The van der Waals surface area contributed by atoms with Gasteiger partial charge in [-0.3, -0.25) is 9.58 Å². The third kappa shape index (κ3) is 4.40. The van der Waals surface area contributed by atoms with Crippen LogP contribution in [0, 0.1) is 17.1 Å². The highest BCUT2D eigenvalue weighted by molar-refractivity contribution is 5.92. The van der Waals surface area contributed by atoms with Gasteiger partial charge in [0.05, 0.1) is 30.6 Å². The summed E-state index contributed by atoms with van der Waals surface area (Å²) >= 11 is 0. The Labute approximate surface area is 209 Å². The van der Waals surface area contributed by atoms with E-state index < -0.39 is 11.9 Å². The highest BCUT2D eigenvalue weighted by Crippen LogP contribution is 2.45. The standard InChI is InChI=1S/C27H28FN5O3/c1-17-3-5-23-24(33(17)27(34)35-2)7-6-22(19-15-31-32(16-19)21-9-11-30-12-10-21)26(23)36-25-8-4-20(28)13-18(25)14-29/h4,6-8,13,15-17,21,30H,3,5,9-12H2,1-2H3. The van der Waals surface area contributed by atoms with Crippen molar-refractivity contribution in [3.05, 3.63) is 59.7 Å². The molecule has 186 valence electrons. The van der Waals surface area contributed by atoms with Crippen molar-refractivity contribution < 1.29 is 18.7 Å². The number of piperidine rings is 1. The smallest absolute Gasteiger partial charge is 0.414 e. The number of hydrogen-bond acceptors (Lipinski definition) is 6. The second kappa shape index (κ2) is 9.99. The zero-order valence-corrected chi connectivity index (χ0v) is 20.3. The zero-order chi connectivity index (χ0) is 25.2. The van der Waals surface area contributed by atoms with Crippen LogP contribution in [0.15, 0.2) is 42.7 Å². The van der Waals surface area contributed by atoms with Gasteiger partial charge in [0.1, 0.15) is 23.4 Å². The van der Waals surface area contributed by atoms with Gasteiger partial charge in [0.15, 0.2) is 0 Å². The molecule has 5 rings (SSSR count). The molecule has 8 nitrogen and oxygen atoms in total. The van der Waals surface area contributed by atoms with Crippen LogP contribution in [0.3, 0.4) is 0 Å². The minimum atomic E-state index is -0.511. The Bertz CT molecular complexity index is 1330. The van der Waals surface area contributed by atoms with Crippen molar-refractivity contribution >= 4 is 11.8 Å². The molecule has 1 fully saturated rings. The quantitative estimate of drug-likeness (QED) is 0.543. The van der Waals surface area contributed by atoms with Crippen molar-refractivity contribution in [2.24, 2.45) is 0 Å². The van der Waals surface area contributed by atoms with E-state index in [0.717, 1.165) is 48.7 Å². The highest BCUT2D eigenvalue weighted by atomic mass is 19.1. The predicted molar refractivity (Wildman–Crippen MR) is 133 cm³/mol. The fourth-order valence-electron chi connectivity index (χ4n) is 5.06. The van der Waals surface area contributed by atoms with E-state index in [4.69, 9.17) is 9.47 Å². The van der Waals surface area contributed by atoms with Gasteiger partial charge in [-0.05, 0) is 76.0 Å². The lowest BCUT2D eigenvalue weighted by atomic mass is 9.92. The van der Waals surface area contributed by atoms with Crippen molar-refractivity contribution in [3.8, 4) is 28.7 Å². The third-order valence-electron chi connectivity index (χ3n) is 6.99. The van der Waals surface area contributed by atoms with Crippen LogP contribution in [-0.2, 0) is 11.2 Å². The maximum atomic E-state index is 13.8. The third-order valence-corrected chi connectivity index (χ3v) is 6.99. The lowest BCUT2D eigenvalue weighted by Gasteiger charge is -2.35. The maximum Gasteiger partial charge on any atom is 0.414 e. The predicted octanol–water partition coefficient (Wildman–Crippen LogP) is 5.19. The van der Waals surface area contributed by atoms with E-state index in [0.29, 0.717) is 30.3 Å². The van der Waals surface area contributed by atoms with E-state index in [2.05, 4.69) is 10.4 Å². The number of rotatable bonds is 4. The number of nitrogens with zero attached hydrogens (tertiary/aromatic N) is 4. The first-order valence-corrected chi connectivity index (χ1v) is 12.2. The maximum absolute atomic E-state index is 13.8. The van der Waals surface area contributed by atoms with Crippen LogP contribution in [0.25, 0.3) is 11.1 Å². The fraction of sp³-hybridized carbons (Fsp3) is 0.370. The van der Waals surface area contributed by atoms with E-state index >= 15 is 0 Å². The molecule has 0 aliphatic carbocycles. The summed E-state index contributed by atoms with van der Waals surface area (Å²) in [6.45, 7) is 3.89. The van der Waals surface area contributed by atoms with Crippen LogP contribution in [0.2, 0.25) is 0 Å². The Balaban J connectivity index is 1.63. The van der Waals surface area contributed by atoms with E-state index in [1.807, 2.05) is 42.2 Å². The van der Waals surface area contributed by atoms with Crippen molar-refractivity contribution in [2.45, 2.75) is 44.7 Å². The van der Waals surface area contributed by atoms with Crippen molar-refractivity contribution in [2.75, 3.05) is 25.1 Å². The molecule has 3 heterocycles. The molecular formula is C27H28FN5O3. The molecule has 1 unspecified atom stereocenters. The molecule has 1 amide bonds. The molecule has 3 aromatic rings. The monoisotopic (exact) mass is 489 g/mol. The Morgan fingerprint density at radius 3 is 2.78 bits per heavy atom. The summed E-state index contributed by atoms with van der Waals surface area (Å²) in [5.74, 6) is 0.270. The summed E-state index contributed by atoms with van der Waals surface area (Å²) in [7, 11) is 1.36. The first-order valence-electron chi connectivity index (χ1n) is 12.2. The van der Waals surface area contributed by atoms with Crippen molar-refractivity contribution in [1.29, 1.82) is 5.26 Å². The Kier molecular flexibility index (Phi) is 6.61. The van der Waals surface area contributed by atoms with Gasteiger partial charge < -0.3 is 14.8 Å². The summed E-state index contributed by atoms with van der Waals surface area (Å²) in [5, 5.41) is 17.6. The van der Waals surface area contributed by atoms with E-state index in [1.54, 1.807) is 4.90 Å². The number of anilines is 1. The van der Waals surface area contributed by atoms with E-state index in [-0.39, 0.29) is 17.4 Å².